The lowest BCUT2D eigenvalue weighted by molar-refractivity contribution is -0.157. The maximum absolute atomic E-state index is 12.2. The summed E-state index contributed by atoms with van der Waals surface area (Å²) in [5, 5.41) is 0.515. The van der Waals surface area contributed by atoms with Crippen LogP contribution in [0.5, 0.6) is 0 Å². The molecule has 0 radical (unpaired) electrons. The fourth-order valence-electron chi connectivity index (χ4n) is 1.40. The number of benzene rings is 1. The van der Waals surface area contributed by atoms with Crippen LogP contribution in [0.15, 0.2) is 22.7 Å². The van der Waals surface area contributed by atoms with Gasteiger partial charge >= 0.3 is 5.97 Å². The minimum Gasteiger partial charge on any atom is -0.459 e. The van der Waals surface area contributed by atoms with Crippen molar-refractivity contribution in [3.8, 4) is 0 Å². The van der Waals surface area contributed by atoms with Gasteiger partial charge in [0.2, 0.25) is 0 Å². The van der Waals surface area contributed by atoms with Crippen LogP contribution in [0, 0.1) is 5.92 Å². The van der Waals surface area contributed by atoms with Crippen LogP contribution in [0.1, 0.15) is 38.1 Å². The molecule has 1 atom stereocenters. The van der Waals surface area contributed by atoms with Crippen molar-refractivity contribution >= 4 is 39.3 Å². The lowest BCUT2D eigenvalue weighted by Gasteiger charge is -2.21. The van der Waals surface area contributed by atoms with Gasteiger partial charge in [0.15, 0.2) is 5.78 Å². The summed E-state index contributed by atoms with van der Waals surface area (Å²) in [5.41, 5.74) is -0.179. The van der Waals surface area contributed by atoms with Crippen LogP contribution in [0.2, 0.25) is 5.02 Å². The van der Waals surface area contributed by atoms with E-state index in [1.165, 1.54) is 0 Å². The third-order valence-electron chi connectivity index (χ3n) is 2.36. The molecular weight excluding hydrogens is 332 g/mol. The number of hydrogen-bond donors (Lipinski definition) is 0. The smallest absolute Gasteiger partial charge is 0.317 e. The van der Waals surface area contributed by atoms with Gasteiger partial charge in [-0.15, -0.1) is 0 Å². The molecule has 0 N–H and O–H groups in total. The maximum Gasteiger partial charge on any atom is 0.317 e. The highest BCUT2D eigenvalue weighted by atomic mass is 79.9. The minimum atomic E-state index is -0.840. The standard InChI is InChI=1S/C14H16BrClO3/c1-8(13(18)19-14(2,3)4)12(17)9-5-6-11(16)10(15)7-9/h5-8H,1-4H3. The molecule has 104 valence electrons. The SMILES string of the molecule is CC(C(=O)OC(C)(C)C)C(=O)c1ccc(Cl)c(Br)c1. The molecule has 0 aliphatic heterocycles. The zero-order chi connectivity index (χ0) is 14.8. The van der Waals surface area contributed by atoms with Gasteiger partial charge in [0.1, 0.15) is 11.5 Å². The van der Waals surface area contributed by atoms with Crippen molar-refractivity contribution in [3.63, 3.8) is 0 Å². The summed E-state index contributed by atoms with van der Waals surface area (Å²) in [5.74, 6) is -1.65. The third-order valence-corrected chi connectivity index (χ3v) is 3.57. The lowest BCUT2D eigenvalue weighted by atomic mass is 9.99. The van der Waals surface area contributed by atoms with Gasteiger partial charge in [-0.25, -0.2) is 0 Å². The molecule has 0 saturated heterocycles. The number of ether oxygens (including phenoxy) is 1. The normalized spacial score (nSPS) is 12.9. The summed E-state index contributed by atoms with van der Waals surface area (Å²) in [6.45, 7) is 6.84. The predicted molar refractivity (Wildman–Crippen MR) is 78.5 cm³/mol. The van der Waals surface area contributed by atoms with E-state index in [9.17, 15) is 9.59 Å². The number of carbonyl (C=O) groups excluding carboxylic acids is 2. The van der Waals surface area contributed by atoms with Crippen LogP contribution < -0.4 is 0 Å². The number of esters is 1. The summed E-state index contributed by atoms with van der Waals surface area (Å²) >= 11 is 9.11. The molecule has 0 bridgehead atoms. The highest BCUT2D eigenvalue weighted by molar-refractivity contribution is 9.10. The molecule has 19 heavy (non-hydrogen) atoms. The van der Waals surface area contributed by atoms with Gasteiger partial charge in [-0.05, 0) is 61.8 Å². The molecule has 0 spiro atoms. The van der Waals surface area contributed by atoms with E-state index in [2.05, 4.69) is 15.9 Å². The van der Waals surface area contributed by atoms with Crippen molar-refractivity contribution < 1.29 is 14.3 Å². The first-order valence-electron chi connectivity index (χ1n) is 5.84. The predicted octanol–water partition coefficient (Wildman–Crippen LogP) is 4.26. The van der Waals surface area contributed by atoms with Gasteiger partial charge in [0.25, 0.3) is 0 Å². The second-order valence-corrected chi connectivity index (χ2v) is 6.51. The van der Waals surface area contributed by atoms with Gasteiger partial charge in [-0.3, -0.25) is 9.59 Å². The van der Waals surface area contributed by atoms with E-state index in [0.29, 0.717) is 15.1 Å². The number of carbonyl (C=O) groups is 2. The second kappa shape index (κ2) is 6.06. The van der Waals surface area contributed by atoms with Gasteiger partial charge in [-0.2, -0.15) is 0 Å². The molecule has 0 fully saturated rings. The lowest BCUT2D eigenvalue weighted by Crippen LogP contribution is -2.31. The monoisotopic (exact) mass is 346 g/mol. The van der Waals surface area contributed by atoms with Crippen LogP contribution in [0.25, 0.3) is 0 Å². The largest absolute Gasteiger partial charge is 0.459 e. The minimum absolute atomic E-state index is 0.286. The molecule has 0 saturated carbocycles. The first-order chi connectivity index (χ1) is 8.61. The van der Waals surface area contributed by atoms with E-state index >= 15 is 0 Å². The van der Waals surface area contributed by atoms with Gasteiger partial charge in [-0.1, -0.05) is 11.6 Å². The maximum atomic E-state index is 12.2. The van der Waals surface area contributed by atoms with Crippen molar-refractivity contribution in [3.05, 3.63) is 33.3 Å². The molecule has 0 amide bonds. The molecule has 3 nitrogen and oxygen atoms in total. The fourth-order valence-corrected chi connectivity index (χ4v) is 1.89. The number of halogens is 2. The zero-order valence-electron chi connectivity index (χ0n) is 11.3. The Hall–Kier alpha value is -0.870. The Labute approximate surface area is 126 Å². The fraction of sp³-hybridized carbons (Fsp3) is 0.429. The van der Waals surface area contributed by atoms with E-state index in [-0.39, 0.29) is 5.78 Å². The quantitative estimate of drug-likeness (QED) is 0.466. The van der Waals surface area contributed by atoms with Crippen LogP contribution in [-0.4, -0.2) is 17.4 Å². The van der Waals surface area contributed by atoms with Gasteiger partial charge < -0.3 is 4.74 Å². The molecular formula is C14H16BrClO3. The molecule has 1 aromatic rings. The van der Waals surface area contributed by atoms with E-state index in [1.807, 2.05) is 0 Å². The Bertz CT molecular complexity index is 506. The first-order valence-corrected chi connectivity index (χ1v) is 7.01. The zero-order valence-corrected chi connectivity index (χ0v) is 13.6. The van der Waals surface area contributed by atoms with Crippen LogP contribution in [-0.2, 0) is 9.53 Å². The summed E-state index contributed by atoms with van der Waals surface area (Å²) in [4.78, 5) is 24.0. The molecule has 0 heterocycles. The molecule has 0 aromatic heterocycles. The number of Topliss-reactive ketones (excluding diaryl/α,β-unsaturated/α-hetero) is 1. The number of rotatable bonds is 3. The number of ketones is 1. The molecule has 1 rings (SSSR count). The first kappa shape index (κ1) is 16.2. The molecule has 0 aliphatic rings. The van der Waals surface area contributed by atoms with Gasteiger partial charge in [0.05, 0.1) is 5.02 Å². The van der Waals surface area contributed by atoms with E-state index in [4.69, 9.17) is 16.3 Å². The highest BCUT2D eigenvalue weighted by Crippen LogP contribution is 2.25. The van der Waals surface area contributed by atoms with E-state index < -0.39 is 17.5 Å². The Morgan fingerprint density at radius 1 is 1.32 bits per heavy atom. The summed E-state index contributed by atoms with van der Waals surface area (Å²) < 4.78 is 5.82. The van der Waals surface area contributed by atoms with Crippen molar-refractivity contribution in [1.29, 1.82) is 0 Å². The Kier molecular flexibility index (Phi) is 5.16. The molecule has 1 unspecified atom stereocenters. The summed E-state index contributed by atoms with van der Waals surface area (Å²) in [6.07, 6.45) is 0. The van der Waals surface area contributed by atoms with Crippen LogP contribution in [0.4, 0.5) is 0 Å². The molecule has 1 aromatic carbocycles. The topological polar surface area (TPSA) is 43.4 Å². The van der Waals surface area contributed by atoms with E-state index in [0.717, 1.165) is 0 Å². The van der Waals surface area contributed by atoms with Crippen molar-refractivity contribution in [1.82, 2.24) is 0 Å². The average molecular weight is 348 g/mol. The number of hydrogen-bond acceptors (Lipinski definition) is 3. The Balaban J connectivity index is 2.87. The highest BCUT2D eigenvalue weighted by Gasteiger charge is 2.28. The Morgan fingerprint density at radius 2 is 1.89 bits per heavy atom. The van der Waals surface area contributed by atoms with E-state index in [1.54, 1.807) is 45.9 Å². The van der Waals surface area contributed by atoms with Crippen molar-refractivity contribution in [2.24, 2.45) is 5.92 Å². The molecule has 0 aliphatic carbocycles. The van der Waals surface area contributed by atoms with Crippen LogP contribution in [0.3, 0.4) is 0 Å². The summed E-state index contributed by atoms with van der Waals surface area (Å²) in [6, 6.07) is 4.81. The Morgan fingerprint density at radius 3 is 2.37 bits per heavy atom. The van der Waals surface area contributed by atoms with Crippen LogP contribution >= 0.6 is 27.5 Å². The average Bonchev–Trinajstić information content (AvgIpc) is 2.28. The third kappa shape index (κ3) is 4.62. The van der Waals surface area contributed by atoms with Crippen molar-refractivity contribution in [2.45, 2.75) is 33.3 Å². The van der Waals surface area contributed by atoms with Crippen molar-refractivity contribution in [2.75, 3.05) is 0 Å². The second-order valence-electron chi connectivity index (χ2n) is 5.25. The van der Waals surface area contributed by atoms with Gasteiger partial charge in [0, 0.05) is 10.0 Å². The summed E-state index contributed by atoms with van der Waals surface area (Å²) in [7, 11) is 0. The molecule has 5 heteroatoms.